The maximum Gasteiger partial charge on any atom is 0.257 e. The minimum atomic E-state index is -0.155. The Bertz CT molecular complexity index is 850. The minimum absolute atomic E-state index is 0.155. The van der Waals surface area contributed by atoms with E-state index in [0.717, 1.165) is 22.8 Å². The number of nitrogens with one attached hydrogen (secondary N) is 1. The summed E-state index contributed by atoms with van der Waals surface area (Å²) in [6, 6.07) is 11.2. The van der Waals surface area contributed by atoms with Gasteiger partial charge in [-0.3, -0.25) is 9.78 Å². The van der Waals surface area contributed by atoms with Gasteiger partial charge in [-0.15, -0.1) is 0 Å². The third-order valence-electron chi connectivity index (χ3n) is 3.91. The zero-order valence-corrected chi connectivity index (χ0v) is 13.4. The topological polar surface area (TPSA) is 59.8 Å². The van der Waals surface area contributed by atoms with Gasteiger partial charge in [0.2, 0.25) is 0 Å². The first-order valence-corrected chi connectivity index (χ1v) is 7.40. The molecule has 0 aliphatic rings. The standard InChI is InChI=1S/C18H18N4O/c1-12-14(3)22(11-20-12)16-8-6-15(7-9-16)21-18(23)17-5-4-10-19-13(17)2/h4-11H,1-3H3,(H,21,23). The van der Waals surface area contributed by atoms with Crippen LogP contribution >= 0.6 is 0 Å². The first kappa shape index (κ1) is 15.0. The molecule has 0 saturated heterocycles. The highest BCUT2D eigenvalue weighted by atomic mass is 16.1. The summed E-state index contributed by atoms with van der Waals surface area (Å²) in [4.78, 5) is 20.7. The van der Waals surface area contributed by atoms with E-state index in [2.05, 4.69) is 15.3 Å². The number of carbonyl (C=O) groups is 1. The predicted molar refractivity (Wildman–Crippen MR) is 90.0 cm³/mol. The monoisotopic (exact) mass is 306 g/mol. The van der Waals surface area contributed by atoms with Crippen LogP contribution in [0.15, 0.2) is 48.9 Å². The largest absolute Gasteiger partial charge is 0.322 e. The van der Waals surface area contributed by atoms with Gasteiger partial charge in [0.05, 0.1) is 17.6 Å². The van der Waals surface area contributed by atoms with Gasteiger partial charge in [-0.25, -0.2) is 4.98 Å². The van der Waals surface area contributed by atoms with Crippen molar-refractivity contribution in [1.82, 2.24) is 14.5 Å². The molecule has 3 aromatic rings. The van der Waals surface area contributed by atoms with Gasteiger partial charge in [-0.05, 0) is 57.2 Å². The molecule has 0 radical (unpaired) electrons. The van der Waals surface area contributed by atoms with Crippen molar-refractivity contribution < 1.29 is 4.79 Å². The van der Waals surface area contributed by atoms with E-state index in [4.69, 9.17) is 0 Å². The molecular weight excluding hydrogens is 288 g/mol. The Labute approximate surface area is 135 Å². The molecule has 1 N–H and O–H groups in total. The number of rotatable bonds is 3. The van der Waals surface area contributed by atoms with Gasteiger partial charge < -0.3 is 9.88 Å². The zero-order valence-electron chi connectivity index (χ0n) is 13.4. The fourth-order valence-corrected chi connectivity index (χ4v) is 2.39. The highest BCUT2D eigenvalue weighted by molar-refractivity contribution is 6.04. The number of imidazole rings is 1. The van der Waals surface area contributed by atoms with Crippen LogP contribution < -0.4 is 5.32 Å². The van der Waals surface area contributed by atoms with Gasteiger partial charge in [0.25, 0.3) is 5.91 Å². The van der Waals surface area contributed by atoms with Crippen LogP contribution in [0.4, 0.5) is 5.69 Å². The van der Waals surface area contributed by atoms with Crippen LogP contribution in [0.1, 0.15) is 27.4 Å². The van der Waals surface area contributed by atoms with Gasteiger partial charge >= 0.3 is 0 Å². The molecule has 0 saturated carbocycles. The molecule has 5 nitrogen and oxygen atoms in total. The molecule has 1 aromatic carbocycles. The summed E-state index contributed by atoms with van der Waals surface area (Å²) in [6.45, 7) is 5.84. The second kappa shape index (κ2) is 6.04. The molecular formula is C18H18N4O. The molecule has 0 fully saturated rings. The smallest absolute Gasteiger partial charge is 0.257 e. The Hall–Kier alpha value is -2.95. The van der Waals surface area contributed by atoms with Gasteiger partial charge in [-0.1, -0.05) is 0 Å². The zero-order chi connectivity index (χ0) is 16.4. The highest BCUT2D eigenvalue weighted by Gasteiger charge is 2.10. The third kappa shape index (κ3) is 2.99. The molecule has 1 amide bonds. The van der Waals surface area contributed by atoms with Crippen molar-refractivity contribution in [3.05, 3.63) is 71.6 Å². The van der Waals surface area contributed by atoms with Crippen molar-refractivity contribution in [1.29, 1.82) is 0 Å². The molecule has 2 heterocycles. The Morgan fingerprint density at radius 3 is 2.35 bits per heavy atom. The van der Waals surface area contributed by atoms with E-state index in [0.29, 0.717) is 11.3 Å². The Morgan fingerprint density at radius 1 is 1.00 bits per heavy atom. The summed E-state index contributed by atoms with van der Waals surface area (Å²) >= 11 is 0. The maximum absolute atomic E-state index is 12.3. The van der Waals surface area contributed by atoms with E-state index < -0.39 is 0 Å². The predicted octanol–water partition coefficient (Wildman–Crippen LogP) is 3.44. The summed E-state index contributed by atoms with van der Waals surface area (Å²) in [6.07, 6.45) is 3.48. The summed E-state index contributed by atoms with van der Waals surface area (Å²) in [5.41, 5.74) is 5.17. The average Bonchev–Trinajstić information content (AvgIpc) is 2.88. The molecule has 0 unspecified atom stereocenters. The quantitative estimate of drug-likeness (QED) is 0.806. The molecule has 0 atom stereocenters. The van der Waals surface area contributed by atoms with Crippen LogP contribution in [0.5, 0.6) is 0 Å². The van der Waals surface area contributed by atoms with Crippen LogP contribution in [0.3, 0.4) is 0 Å². The summed E-state index contributed by atoms with van der Waals surface area (Å²) in [7, 11) is 0. The molecule has 116 valence electrons. The molecule has 3 rings (SSSR count). The van der Waals surface area contributed by atoms with E-state index >= 15 is 0 Å². The van der Waals surface area contributed by atoms with Crippen molar-refractivity contribution in [2.75, 3.05) is 5.32 Å². The normalized spacial score (nSPS) is 10.6. The minimum Gasteiger partial charge on any atom is -0.322 e. The first-order valence-electron chi connectivity index (χ1n) is 7.40. The van der Waals surface area contributed by atoms with Gasteiger partial charge in [0.15, 0.2) is 0 Å². The SMILES string of the molecule is Cc1ncccc1C(=O)Nc1ccc(-n2cnc(C)c2C)cc1. The fraction of sp³-hybridized carbons (Fsp3) is 0.167. The average molecular weight is 306 g/mol. The van der Waals surface area contributed by atoms with E-state index in [1.54, 1.807) is 24.7 Å². The molecule has 0 aliphatic heterocycles. The van der Waals surface area contributed by atoms with E-state index in [-0.39, 0.29) is 5.91 Å². The molecule has 5 heteroatoms. The first-order chi connectivity index (χ1) is 11.1. The Morgan fingerprint density at radius 2 is 1.74 bits per heavy atom. The molecule has 0 bridgehead atoms. The third-order valence-corrected chi connectivity index (χ3v) is 3.91. The van der Waals surface area contributed by atoms with Gasteiger partial charge in [-0.2, -0.15) is 0 Å². The van der Waals surface area contributed by atoms with Gasteiger partial charge in [0, 0.05) is 29.0 Å². The van der Waals surface area contributed by atoms with Crippen molar-refractivity contribution in [3.63, 3.8) is 0 Å². The number of benzene rings is 1. The number of anilines is 1. The van der Waals surface area contributed by atoms with E-state index in [9.17, 15) is 4.79 Å². The van der Waals surface area contributed by atoms with Crippen molar-refractivity contribution in [3.8, 4) is 5.69 Å². The number of amides is 1. The fourth-order valence-electron chi connectivity index (χ4n) is 2.39. The lowest BCUT2D eigenvalue weighted by Gasteiger charge is -2.09. The number of carbonyl (C=O) groups excluding carboxylic acids is 1. The molecule has 2 aromatic heterocycles. The van der Waals surface area contributed by atoms with E-state index in [1.807, 2.05) is 49.6 Å². The second-order valence-corrected chi connectivity index (χ2v) is 5.42. The lowest BCUT2D eigenvalue weighted by atomic mass is 10.2. The number of nitrogens with zero attached hydrogens (tertiary/aromatic N) is 3. The number of hydrogen-bond donors (Lipinski definition) is 1. The highest BCUT2D eigenvalue weighted by Crippen LogP contribution is 2.17. The van der Waals surface area contributed by atoms with Crippen LogP contribution in [0.25, 0.3) is 5.69 Å². The van der Waals surface area contributed by atoms with Crippen LogP contribution in [0, 0.1) is 20.8 Å². The maximum atomic E-state index is 12.3. The second-order valence-electron chi connectivity index (χ2n) is 5.42. The summed E-state index contributed by atoms with van der Waals surface area (Å²) < 4.78 is 2.02. The summed E-state index contributed by atoms with van der Waals surface area (Å²) in [5.74, 6) is -0.155. The van der Waals surface area contributed by atoms with Crippen LogP contribution in [-0.2, 0) is 0 Å². The molecule has 0 aliphatic carbocycles. The molecule has 23 heavy (non-hydrogen) atoms. The van der Waals surface area contributed by atoms with Crippen LogP contribution in [-0.4, -0.2) is 20.4 Å². The number of aromatic nitrogens is 3. The number of aryl methyl sites for hydroxylation is 2. The molecule has 0 spiro atoms. The van der Waals surface area contributed by atoms with Gasteiger partial charge in [0.1, 0.15) is 0 Å². The lowest BCUT2D eigenvalue weighted by molar-refractivity contribution is 0.102. The van der Waals surface area contributed by atoms with E-state index in [1.165, 1.54) is 0 Å². The lowest BCUT2D eigenvalue weighted by Crippen LogP contribution is -2.13. The van der Waals surface area contributed by atoms with Crippen molar-refractivity contribution in [2.24, 2.45) is 0 Å². The Balaban J connectivity index is 1.79. The van der Waals surface area contributed by atoms with Crippen LogP contribution in [0.2, 0.25) is 0 Å². The number of pyridine rings is 1. The van der Waals surface area contributed by atoms with Crippen molar-refractivity contribution >= 4 is 11.6 Å². The Kier molecular flexibility index (Phi) is 3.93. The number of hydrogen-bond acceptors (Lipinski definition) is 3. The summed E-state index contributed by atoms with van der Waals surface area (Å²) in [5, 5.41) is 2.89. The van der Waals surface area contributed by atoms with Crippen molar-refractivity contribution in [2.45, 2.75) is 20.8 Å².